The second kappa shape index (κ2) is 14.0. The van der Waals surface area contributed by atoms with Gasteiger partial charge >= 0.3 is 0 Å². The average molecular weight is 481 g/mol. The van der Waals surface area contributed by atoms with Crippen LogP contribution in [0.15, 0.2) is 4.99 Å². The highest BCUT2D eigenvalue weighted by molar-refractivity contribution is 14.0. The highest BCUT2D eigenvalue weighted by Gasteiger charge is 2.24. The van der Waals surface area contributed by atoms with Crippen molar-refractivity contribution in [2.45, 2.75) is 64.9 Å². The molecule has 154 valence electrons. The second-order valence-corrected chi connectivity index (χ2v) is 7.62. The Kier molecular flexibility index (Phi) is 12.9. The van der Waals surface area contributed by atoms with E-state index in [1.165, 1.54) is 25.7 Å². The Bertz CT molecular complexity index is 387. The molecule has 0 radical (unpaired) electrons. The van der Waals surface area contributed by atoms with Gasteiger partial charge in [-0.25, -0.2) is 0 Å². The minimum absolute atomic E-state index is 0. The van der Waals surface area contributed by atoms with Gasteiger partial charge in [0.15, 0.2) is 5.96 Å². The highest BCUT2D eigenvalue weighted by Crippen LogP contribution is 2.29. The summed E-state index contributed by atoms with van der Waals surface area (Å²) in [7, 11) is 1.74. The van der Waals surface area contributed by atoms with Gasteiger partial charge in [-0.2, -0.15) is 0 Å². The van der Waals surface area contributed by atoms with Crippen LogP contribution in [0.5, 0.6) is 0 Å². The van der Waals surface area contributed by atoms with Crippen molar-refractivity contribution in [1.82, 2.24) is 10.2 Å². The summed E-state index contributed by atoms with van der Waals surface area (Å²) in [6.07, 6.45) is 9.08. The van der Waals surface area contributed by atoms with E-state index < -0.39 is 0 Å². The van der Waals surface area contributed by atoms with Gasteiger partial charge in [0.2, 0.25) is 0 Å². The Hall–Kier alpha value is -0.0800. The van der Waals surface area contributed by atoms with E-state index in [4.69, 9.17) is 14.5 Å². The third-order valence-electron chi connectivity index (χ3n) is 5.69. The first kappa shape index (κ1) is 24.0. The van der Waals surface area contributed by atoms with E-state index >= 15 is 0 Å². The molecule has 5 nitrogen and oxygen atoms in total. The number of ether oxygens (including phenoxy) is 2. The topological polar surface area (TPSA) is 46.1 Å². The smallest absolute Gasteiger partial charge is 0.193 e. The van der Waals surface area contributed by atoms with E-state index in [9.17, 15) is 0 Å². The fraction of sp³-hybridized carbons (Fsp3) is 0.950. The predicted molar refractivity (Wildman–Crippen MR) is 120 cm³/mol. The van der Waals surface area contributed by atoms with Crippen LogP contribution >= 0.6 is 24.0 Å². The van der Waals surface area contributed by atoms with Gasteiger partial charge in [0.05, 0.1) is 6.10 Å². The summed E-state index contributed by atoms with van der Waals surface area (Å²) in [5, 5.41) is 3.50. The van der Waals surface area contributed by atoms with E-state index in [1.807, 2.05) is 0 Å². The van der Waals surface area contributed by atoms with Crippen molar-refractivity contribution in [3.05, 3.63) is 0 Å². The normalized spacial score (nSPS) is 25.0. The van der Waals surface area contributed by atoms with Crippen molar-refractivity contribution in [2.75, 3.05) is 46.5 Å². The Morgan fingerprint density at radius 1 is 1.12 bits per heavy atom. The SMILES string of the molecule is CCNC(=NCC1CCCCC1C)N1CCC(OCCCOC)CC1.I. The molecule has 1 heterocycles. The van der Waals surface area contributed by atoms with Gasteiger partial charge in [-0.05, 0) is 44.4 Å². The van der Waals surface area contributed by atoms with Gasteiger partial charge in [0, 0.05) is 46.5 Å². The van der Waals surface area contributed by atoms with Gasteiger partial charge in [-0.15, -0.1) is 24.0 Å². The molecule has 2 aliphatic rings. The van der Waals surface area contributed by atoms with Gasteiger partial charge in [0.1, 0.15) is 0 Å². The summed E-state index contributed by atoms with van der Waals surface area (Å²) in [5.41, 5.74) is 0. The first-order chi connectivity index (χ1) is 12.2. The number of aliphatic imine (C=N–C) groups is 1. The Morgan fingerprint density at radius 3 is 2.50 bits per heavy atom. The van der Waals surface area contributed by atoms with Crippen molar-refractivity contribution < 1.29 is 9.47 Å². The zero-order valence-corrected chi connectivity index (χ0v) is 19.4. The lowest BCUT2D eigenvalue weighted by Crippen LogP contribution is -2.47. The average Bonchev–Trinajstić information content (AvgIpc) is 2.64. The van der Waals surface area contributed by atoms with Crippen molar-refractivity contribution in [3.63, 3.8) is 0 Å². The van der Waals surface area contributed by atoms with Gasteiger partial charge < -0.3 is 19.7 Å². The summed E-state index contributed by atoms with van der Waals surface area (Å²) < 4.78 is 11.1. The maximum absolute atomic E-state index is 5.98. The van der Waals surface area contributed by atoms with Crippen LogP contribution in [0.25, 0.3) is 0 Å². The summed E-state index contributed by atoms with van der Waals surface area (Å²) in [6, 6.07) is 0. The van der Waals surface area contributed by atoms with Crippen LogP contribution in [0.2, 0.25) is 0 Å². The number of nitrogens with one attached hydrogen (secondary N) is 1. The molecule has 2 unspecified atom stereocenters. The molecular formula is C20H40IN3O2. The fourth-order valence-electron chi connectivity index (χ4n) is 3.98. The van der Waals surface area contributed by atoms with Crippen LogP contribution in [0, 0.1) is 11.8 Å². The lowest BCUT2D eigenvalue weighted by molar-refractivity contribution is 0.00988. The number of guanidine groups is 1. The molecule has 0 bridgehead atoms. The van der Waals surface area contributed by atoms with Gasteiger partial charge in [-0.3, -0.25) is 4.99 Å². The quantitative estimate of drug-likeness (QED) is 0.247. The minimum atomic E-state index is 0. The number of methoxy groups -OCH3 is 1. The van der Waals surface area contributed by atoms with Crippen molar-refractivity contribution in [2.24, 2.45) is 16.8 Å². The van der Waals surface area contributed by atoms with Gasteiger partial charge in [0.25, 0.3) is 0 Å². The molecule has 2 rings (SSSR count). The van der Waals surface area contributed by atoms with E-state index in [2.05, 4.69) is 24.1 Å². The largest absolute Gasteiger partial charge is 0.385 e. The molecule has 2 fully saturated rings. The highest BCUT2D eigenvalue weighted by atomic mass is 127. The Morgan fingerprint density at radius 2 is 1.85 bits per heavy atom. The van der Waals surface area contributed by atoms with E-state index in [-0.39, 0.29) is 24.0 Å². The maximum atomic E-state index is 5.98. The molecule has 1 aliphatic carbocycles. The number of halogens is 1. The molecule has 1 saturated heterocycles. The van der Waals surface area contributed by atoms with Crippen molar-refractivity contribution in [1.29, 1.82) is 0 Å². The predicted octanol–water partition coefficient (Wildman–Crippen LogP) is 3.91. The van der Waals surface area contributed by atoms with Crippen LogP contribution in [-0.2, 0) is 9.47 Å². The molecule has 0 spiro atoms. The second-order valence-electron chi connectivity index (χ2n) is 7.62. The number of nitrogens with zero attached hydrogens (tertiary/aromatic N) is 2. The maximum Gasteiger partial charge on any atom is 0.193 e. The lowest BCUT2D eigenvalue weighted by Gasteiger charge is -2.35. The summed E-state index contributed by atoms with van der Waals surface area (Å²) in [5.74, 6) is 2.70. The monoisotopic (exact) mass is 481 g/mol. The van der Waals surface area contributed by atoms with E-state index in [0.29, 0.717) is 6.10 Å². The first-order valence-corrected chi connectivity index (χ1v) is 10.4. The molecule has 0 aromatic rings. The summed E-state index contributed by atoms with van der Waals surface area (Å²) in [4.78, 5) is 7.42. The molecule has 1 aliphatic heterocycles. The standard InChI is InChI=1S/C20H39N3O2.HI/c1-4-21-20(22-16-18-9-6-5-8-17(18)2)23-12-10-19(11-13-23)25-15-7-14-24-3;/h17-19H,4-16H2,1-3H3,(H,21,22);1H. The van der Waals surface area contributed by atoms with Crippen molar-refractivity contribution >= 4 is 29.9 Å². The molecular weight excluding hydrogens is 441 g/mol. The van der Waals surface area contributed by atoms with Crippen LogP contribution in [0.3, 0.4) is 0 Å². The third kappa shape index (κ3) is 8.30. The fourth-order valence-corrected chi connectivity index (χ4v) is 3.98. The zero-order valence-electron chi connectivity index (χ0n) is 17.0. The molecule has 26 heavy (non-hydrogen) atoms. The number of likely N-dealkylation sites (tertiary alicyclic amines) is 1. The summed E-state index contributed by atoms with van der Waals surface area (Å²) >= 11 is 0. The number of rotatable bonds is 8. The number of hydrogen-bond donors (Lipinski definition) is 1. The Balaban J connectivity index is 0.00000338. The van der Waals surface area contributed by atoms with E-state index in [0.717, 1.165) is 76.5 Å². The molecule has 0 aromatic carbocycles. The van der Waals surface area contributed by atoms with Crippen LogP contribution in [0.4, 0.5) is 0 Å². The molecule has 2 atom stereocenters. The van der Waals surface area contributed by atoms with Crippen molar-refractivity contribution in [3.8, 4) is 0 Å². The number of hydrogen-bond acceptors (Lipinski definition) is 3. The Labute approximate surface area is 177 Å². The molecule has 0 aromatic heterocycles. The zero-order chi connectivity index (χ0) is 17.9. The summed E-state index contributed by atoms with van der Waals surface area (Å²) in [6.45, 7) is 10.2. The molecule has 6 heteroatoms. The van der Waals surface area contributed by atoms with Crippen LogP contribution < -0.4 is 5.32 Å². The molecule has 1 saturated carbocycles. The molecule has 0 amide bonds. The van der Waals surface area contributed by atoms with Crippen LogP contribution in [-0.4, -0.2) is 63.5 Å². The van der Waals surface area contributed by atoms with E-state index in [1.54, 1.807) is 7.11 Å². The minimum Gasteiger partial charge on any atom is -0.385 e. The van der Waals surface area contributed by atoms with Crippen LogP contribution in [0.1, 0.15) is 58.8 Å². The third-order valence-corrected chi connectivity index (χ3v) is 5.69. The molecule has 1 N–H and O–H groups in total. The van der Waals surface area contributed by atoms with Gasteiger partial charge in [-0.1, -0.05) is 26.2 Å². The number of piperidine rings is 1. The first-order valence-electron chi connectivity index (χ1n) is 10.4. The lowest BCUT2D eigenvalue weighted by atomic mass is 9.80.